The van der Waals surface area contributed by atoms with Crippen molar-refractivity contribution in [3.05, 3.63) is 83.9 Å². The quantitative estimate of drug-likeness (QED) is 0.478. The highest BCUT2D eigenvalue weighted by atomic mass is 19.4. The molecular weight excluding hydrogens is 407 g/mol. The maximum atomic E-state index is 13.4. The molecule has 0 fully saturated rings. The molecule has 1 amide bonds. The van der Waals surface area contributed by atoms with Gasteiger partial charge in [-0.25, -0.2) is 9.97 Å². The maximum absolute atomic E-state index is 13.4. The number of aromatic amines is 1. The molecular formula is C22H16F3N5O. The van der Waals surface area contributed by atoms with Crippen LogP contribution in [0.1, 0.15) is 21.7 Å². The van der Waals surface area contributed by atoms with E-state index < -0.39 is 17.6 Å². The van der Waals surface area contributed by atoms with Crippen LogP contribution in [-0.2, 0) is 6.18 Å². The molecule has 2 aromatic heterocycles. The van der Waals surface area contributed by atoms with E-state index in [1.54, 1.807) is 6.92 Å². The van der Waals surface area contributed by atoms with Gasteiger partial charge in [-0.3, -0.25) is 9.89 Å². The number of carbonyl (C=O) groups is 1. The monoisotopic (exact) mass is 423 g/mol. The van der Waals surface area contributed by atoms with E-state index in [0.717, 1.165) is 17.7 Å². The minimum atomic E-state index is -4.59. The highest BCUT2D eigenvalue weighted by Gasteiger charge is 2.34. The lowest BCUT2D eigenvalue weighted by Crippen LogP contribution is -2.15. The van der Waals surface area contributed by atoms with Gasteiger partial charge in [0.15, 0.2) is 0 Å². The van der Waals surface area contributed by atoms with Crippen LogP contribution >= 0.6 is 0 Å². The normalized spacial score (nSPS) is 11.4. The van der Waals surface area contributed by atoms with Crippen molar-refractivity contribution in [2.75, 3.05) is 5.32 Å². The first-order chi connectivity index (χ1) is 14.8. The highest BCUT2D eigenvalue weighted by Crippen LogP contribution is 2.37. The molecule has 0 atom stereocenters. The number of H-pyrrole nitrogens is 1. The van der Waals surface area contributed by atoms with Gasteiger partial charge in [0.1, 0.15) is 5.82 Å². The summed E-state index contributed by atoms with van der Waals surface area (Å²) in [5, 5.41) is 9.03. The Morgan fingerprint density at radius 3 is 2.52 bits per heavy atom. The number of carbonyl (C=O) groups excluding carboxylic acids is 1. The fourth-order valence-electron chi connectivity index (χ4n) is 3.13. The van der Waals surface area contributed by atoms with E-state index in [1.165, 1.54) is 24.5 Å². The predicted octanol–water partition coefficient (Wildman–Crippen LogP) is 5.11. The zero-order valence-electron chi connectivity index (χ0n) is 16.2. The van der Waals surface area contributed by atoms with Crippen LogP contribution in [0.3, 0.4) is 0 Å². The van der Waals surface area contributed by atoms with Crippen molar-refractivity contribution in [2.45, 2.75) is 13.1 Å². The zero-order chi connectivity index (χ0) is 22.0. The molecule has 0 unspecified atom stereocenters. The molecule has 6 nitrogen and oxygen atoms in total. The van der Waals surface area contributed by atoms with Gasteiger partial charge in [-0.15, -0.1) is 0 Å². The first-order valence-electron chi connectivity index (χ1n) is 9.25. The van der Waals surface area contributed by atoms with Crippen LogP contribution in [0.5, 0.6) is 0 Å². The molecule has 0 radical (unpaired) electrons. The second kappa shape index (κ2) is 8.02. The number of aromatic nitrogens is 4. The van der Waals surface area contributed by atoms with Gasteiger partial charge < -0.3 is 5.32 Å². The molecule has 0 saturated heterocycles. The van der Waals surface area contributed by atoms with E-state index in [2.05, 4.69) is 25.5 Å². The van der Waals surface area contributed by atoms with Crippen LogP contribution in [0.25, 0.3) is 22.5 Å². The van der Waals surface area contributed by atoms with Crippen molar-refractivity contribution >= 4 is 11.6 Å². The van der Waals surface area contributed by atoms with Gasteiger partial charge in [0, 0.05) is 22.9 Å². The molecule has 0 bridgehead atoms. The van der Waals surface area contributed by atoms with E-state index in [0.29, 0.717) is 17.2 Å². The number of aryl methyl sites for hydroxylation is 1. The van der Waals surface area contributed by atoms with E-state index in [1.807, 2.05) is 30.3 Å². The molecule has 0 aliphatic heterocycles. The van der Waals surface area contributed by atoms with Crippen LogP contribution in [0.15, 0.2) is 67.0 Å². The molecule has 0 aliphatic carbocycles. The SMILES string of the molecule is Cc1ncc(NC(=O)c2ccc(C(F)(F)F)c(-c3cc[nH]n3)c2)c(-c2ccccc2)n1. The Bertz CT molecular complexity index is 1220. The first kappa shape index (κ1) is 20.3. The molecule has 0 saturated carbocycles. The van der Waals surface area contributed by atoms with Gasteiger partial charge in [-0.2, -0.15) is 18.3 Å². The minimum absolute atomic E-state index is 0.0468. The Labute approximate surface area is 175 Å². The molecule has 156 valence electrons. The molecule has 0 spiro atoms. The van der Waals surface area contributed by atoms with E-state index >= 15 is 0 Å². The highest BCUT2D eigenvalue weighted by molar-refractivity contribution is 6.06. The maximum Gasteiger partial charge on any atom is 0.417 e. The Balaban J connectivity index is 1.72. The van der Waals surface area contributed by atoms with Crippen LogP contribution in [0.2, 0.25) is 0 Å². The number of halogens is 3. The van der Waals surface area contributed by atoms with Gasteiger partial charge in [0.25, 0.3) is 5.91 Å². The number of anilines is 1. The van der Waals surface area contributed by atoms with Crippen molar-refractivity contribution < 1.29 is 18.0 Å². The summed E-state index contributed by atoms with van der Waals surface area (Å²) >= 11 is 0. The predicted molar refractivity (Wildman–Crippen MR) is 109 cm³/mol. The molecule has 4 rings (SSSR count). The summed E-state index contributed by atoms with van der Waals surface area (Å²) in [6.07, 6.45) is -1.70. The van der Waals surface area contributed by atoms with Gasteiger partial charge in [-0.1, -0.05) is 30.3 Å². The van der Waals surface area contributed by atoms with Crippen molar-refractivity contribution in [3.8, 4) is 22.5 Å². The van der Waals surface area contributed by atoms with E-state index in [4.69, 9.17) is 0 Å². The lowest BCUT2D eigenvalue weighted by atomic mass is 10.0. The number of hydrogen-bond acceptors (Lipinski definition) is 4. The molecule has 31 heavy (non-hydrogen) atoms. The Kier molecular flexibility index (Phi) is 5.24. The third-order valence-electron chi connectivity index (χ3n) is 4.57. The van der Waals surface area contributed by atoms with Crippen molar-refractivity contribution in [2.24, 2.45) is 0 Å². The summed E-state index contributed by atoms with van der Waals surface area (Å²) in [6, 6.07) is 13.8. The lowest BCUT2D eigenvalue weighted by Gasteiger charge is -2.14. The summed E-state index contributed by atoms with van der Waals surface area (Å²) in [5.41, 5.74) is 0.706. The fraction of sp³-hybridized carbons (Fsp3) is 0.0909. The van der Waals surface area contributed by atoms with Gasteiger partial charge in [0.05, 0.1) is 28.8 Å². The average Bonchev–Trinajstić information content (AvgIpc) is 3.29. The summed E-state index contributed by atoms with van der Waals surface area (Å²) in [5.74, 6) is -0.0673. The van der Waals surface area contributed by atoms with E-state index in [-0.39, 0.29) is 16.8 Å². The number of amides is 1. The largest absolute Gasteiger partial charge is 0.417 e. The first-order valence-corrected chi connectivity index (χ1v) is 9.25. The number of nitrogens with one attached hydrogen (secondary N) is 2. The van der Waals surface area contributed by atoms with Crippen LogP contribution in [0, 0.1) is 6.92 Å². The van der Waals surface area contributed by atoms with Crippen LogP contribution in [-0.4, -0.2) is 26.1 Å². The second-order valence-corrected chi connectivity index (χ2v) is 6.72. The fourth-order valence-corrected chi connectivity index (χ4v) is 3.13. The molecule has 2 heterocycles. The Morgan fingerprint density at radius 2 is 1.84 bits per heavy atom. The van der Waals surface area contributed by atoms with E-state index in [9.17, 15) is 18.0 Å². The lowest BCUT2D eigenvalue weighted by molar-refractivity contribution is -0.137. The summed E-state index contributed by atoms with van der Waals surface area (Å²) in [7, 11) is 0. The molecule has 2 N–H and O–H groups in total. The summed E-state index contributed by atoms with van der Waals surface area (Å²) in [6.45, 7) is 1.73. The van der Waals surface area contributed by atoms with Crippen molar-refractivity contribution in [3.63, 3.8) is 0 Å². The third-order valence-corrected chi connectivity index (χ3v) is 4.57. The molecule has 0 aliphatic rings. The number of benzene rings is 2. The smallest absolute Gasteiger partial charge is 0.319 e. The van der Waals surface area contributed by atoms with Crippen LogP contribution < -0.4 is 5.32 Å². The summed E-state index contributed by atoms with van der Waals surface area (Å²) < 4.78 is 40.3. The Hall–Kier alpha value is -4.01. The number of nitrogens with zero attached hydrogens (tertiary/aromatic N) is 3. The summed E-state index contributed by atoms with van der Waals surface area (Å²) in [4.78, 5) is 21.4. The van der Waals surface area contributed by atoms with Gasteiger partial charge in [0.2, 0.25) is 0 Å². The zero-order valence-corrected chi connectivity index (χ0v) is 16.2. The number of alkyl halides is 3. The Morgan fingerprint density at radius 1 is 1.06 bits per heavy atom. The number of rotatable bonds is 4. The molecule has 2 aromatic carbocycles. The average molecular weight is 423 g/mol. The molecule has 4 aromatic rings. The van der Waals surface area contributed by atoms with Crippen molar-refractivity contribution in [1.82, 2.24) is 20.2 Å². The minimum Gasteiger partial charge on any atom is -0.319 e. The number of hydrogen-bond donors (Lipinski definition) is 2. The third kappa shape index (κ3) is 4.30. The van der Waals surface area contributed by atoms with Gasteiger partial charge >= 0.3 is 6.18 Å². The topological polar surface area (TPSA) is 83.6 Å². The second-order valence-electron chi connectivity index (χ2n) is 6.72. The van der Waals surface area contributed by atoms with Gasteiger partial charge in [-0.05, 0) is 31.2 Å². The standard InChI is InChI=1S/C22H16F3N5O/c1-13-26-12-19(20(28-13)14-5-3-2-4-6-14)29-21(31)15-7-8-17(22(23,24)25)16(11-15)18-9-10-27-30-18/h2-12H,1H3,(H,27,30)(H,29,31). The van der Waals surface area contributed by atoms with Crippen molar-refractivity contribution in [1.29, 1.82) is 0 Å². The van der Waals surface area contributed by atoms with Crippen LogP contribution in [0.4, 0.5) is 18.9 Å². The molecule has 9 heteroatoms.